The minimum Gasteiger partial charge on any atom is -0.480 e. The Morgan fingerprint density at radius 1 is 1.39 bits per heavy atom. The second-order valence-electron chi connectivity index (χ2n) is 3.57. The lowest BCUT2D eigenvalue weighted by atomic mass is 10.4. The molecule has 0 saturated heterocycles. The Morgan fingerprint density at radius 2 is 2.17 bits per heavy atom. The SMILES string of the molecule is COc1ccc(Nc2cc(Br)cn(C)c2=O)nn1. The summed E-state index contributed by atoms with van der Waals surface area (Å²) in [5.74, 6) is 0.897. The molecular formula is C11H11BrN4O2. The molecular weight excluding hydrogens is 300 g/mol. The van der Waals surface area contributed by atoms with Crippen LogP contribution in [0.2, 0.25) is 0 Å². The third kappa shape index (κ3) is 2.67. The van der Waals surface area contributed by atoms with E-state index in [1.54, 1.807) is 31.4 Å². The largest absolute Gasteiger partial charge is 0.480 e. The molecule has 1 N–H and O–H groups in total. The number of halogens is 1. The molecule has 0 spiro atoms. The number of nitrogens with zero attached hydrogens (tertiary/aromatic N) is 3. The van der Waals surface area contributed by atoms with Gasteiger partial charge in [-0.15, -0.1) is 10.2 Å². The van der Waals surface area contributed by atoms with Crippen molar-refractivity contribution >= 4 is 27.4 Å². The first-order valence-electron chi connectivity index (χ1n) is 5.11. The number of nitrogens with one attached hydrogen (secondary N) is 1. The van der Waals surface area contributed by atoms with E-state index >= 15 is 0 Å². The van der Waals surface area contributed by atoms with Crippen LogP contribution in [0.15, 0.2) is 33.7 Å². The van der Waals surface area contributed by atoms with Gasteiger partial charge >= 0.3 is 0 Å². The molecule has 0 aliphatic carbocycles. The molecule has 94 valence electrons. The van der Waals surface area contributed by atoms with E-state index in [9.17, 15) is 4.79 Å². The van der Waals surface area contributed by atoms with E-state index in [4.69, 9.17) is 4.74 Å². The van der Waals surface area contributed by atoms with Crippen molar-refractivity contribution in [2.75, 3.05) is 12.4 Å². The minimum absolute atomic E-state index is 0.143. The fraction of sp³-hybridized carbons (Fsp3) is 0.182. The summed E-state index contributed by atoms with van der Waals surface area (Å²) in [4.78, 5) is 11.9. The molecule has 0 amide bonds. The Hall–Kier alpha value is -1.89. The van der Waals surface area contributed by atoms with E-state index < -0.39 is 0 Å². The number of rotatable bonds is 3. The highest BCUT2D eigenvalue weighted by atomic mass is 79.9. The van der Waals surface area contributed by atoms with Crippen molar-refractivity contribution in [3.05, 3.63) is 39.2 Å². The Morgan fingerprint density at radius 3 is 2.78 bits per heavy atom. The maximum absolute atomic E-state index is 11.9. The summed E-state index contributed by atoms with van der Waals surface area (Å²) in [5, 5.41) is 10.6. The monoisotopic (exact) mass is 310 g/mol. The molecule has 0 aliphatic heterocycles. The molecule has 2 heterocycles. The van der Waals surface area contributed by atoms with Crippen molar-refractivity contribution in [2.24, 2.45) is 7.05 Å². The lowest BCUT2D eigenvalue weighted by molar-refractivity contribution is 0.392. The van der Waals surface area contributed by atoms with Gasteiger partial charge in [0.1, 0.15) is 5.69 Å². The number of aromatic nitrogens is 3. The van der Waals surface area contributed by atoms with Crippen LogP contribution in [0.25, 0.3) is 0 Å². The normalized spacial score (nSPS) is 10.2. The lowest BCUT2D eigenvalue weighted by Crippen LogP contribution is -2.19. The molecule has 18 heavy (non-hydrogen) atoms. The van der Waals surface area contributed by atoms with Crippen molar-refractivity contribution in [1.29, 1.82) is 0 Å². The average molecular weight is 311 g/mol. The smallest absolute Gasteiger partial charge is 0.274 e. The van der Waals surface area contributed by atoms with Gasteiger partial charge in [0.15, 0.2) is 5.82 Å². The van der Waals surface area contributed by atoms with Crippen LogP contribution < -0.4 is 15.6 Å². The van der Waals surface area contributed by atoms with Gasteiger partial charge in [-0.05, 0) is 28.1 Å². The van der Waals surface area contributed by atoms with Crippen LogP contribution in [0.5, 0.6) is 5.88 Å². The number of anilines is 2. The number of pyridine rings is 1. The molecule has 6 nitrogen and oxygen atoms in total. The topological polar surface area (TPSA) is 69.0 Å². The molecule has 0 radical (unpaired) electrons. The molecule has 0 bridgehead atoms. The summed E-state index contributed by atoms with van der Waals surface area (Å²) in [7, 11) is 3.19. The second kappa shape index (κ2) is 5.18. The molecule has 0 unspecified atom stereocenters. The van der Waals surface area contributed by atoms with E-state index in [0.717, 1.165) is 4.47 Å². The van der Waals surface area contributed by atoms with Crippen molar-refractivity contribution in [3.8, 4) is 5.88 Å². The van der Waals surface area contributed by atoms with E-state index in [1.165, 1.54) is 11.7 Å². The molecule has 2 aromatic rings. The molecule has 0 saturated carbocycles. The fourth-order valence-corrected chi connectivity index (χ4v) is 1.93. The summed E-state index contributed by atoms with van der Waals surface area (Å²) in [6.45, 7) is 0. The molecule has 2 aromatic heterocycles. The quantitative estimate of drug-likeness (QED) is 0.934. The number of ether oxygens (including phenoxy) is 1. The Labute approximate surface area is 112 Å². The van der Waals surface area contributed by atoms with Crippen LogP contribution in [-0.2, 0) is 7.05 Å². The number of methoxy groups -OCH3 is 1. The van der Waals surface area contributed by atoms with Gasteiger partial charge in [0.05, 0.1) is 7.11 Å². The number of hydrogen-bond acceptors (Lipinski definition) is 5. The number of hydrogen-bond donors (Lipinski definition) is 1. The Balaban J connectivity index is 2.31. The molecule has 2 rings (SSSR count). The lowest BCUT2D eigenvalue weighted by Gasteiger charge is -2.07. The third-order valence-electron chi connectivity index (χ3n) is 2.26. The summed E-state index contributed by atoms with van der Waals surface area (Å²) in [6.07, 6.45) is 1.69. The van der Waals surface area contributed by atoms with Gasteiger partial charge in [-0.2, -0.15) is 0 Å². The summed E-state index contributed by atoms with van der Waals surface area (Å²) in [6, 6.07) is 5.04. The first-order chi connectivity index (χ1) is 8.60. The highest BCUT2D eigenvalue weighted by molar-refractivity contribution is 9.10. The second-order valence-corrected chi connectivity index (χ2v) is 4.49. The van der Waals surface area contributed by atoms with Gasteiger partial charge < -0.3 is 14.6 Å². The highest BCUT2D eigenvalue weighted by Crippen LogP contribution is 2.16. The van der Waals surface area contributed by atoms with Crippen molar-refractivity contribution in [3.63, 3.8) is 0 Å². The zero-order chi connectivity index (χ0) is 13.1. The summed E-state index contributed by atoms with van der Waals surface area (Å²) >= 11 is 3.33. The van der Waals surface area contributed by atoms with Gasteiger partial charge in [0, 0.05) is 23.8 Å². The zero-order valence-electron chi connectivity index (χ0n) is 9.85. The first kappa shape index (κ1) is 12.6. The molecule has 0 fully saturated rings. The fourth-order valence-electron chi connectivity index (χ4n) is 1.39. The van der Waals surface area contributed by atoms with Gasteiger partial charge in [0.2, 0.25) is 5.88 Å². The minimum atomic E-state index is -0.143. The Bertz CT molecular complexity index is 609. The van der Waals surface area contributed by atoms with Crippen molar-refractivity contribution in [2.45, 2.75) is 0 Å². The van der Waals surface area contributed by atoms with Gasteiger partial charge in [-0.25, -0.2) is 0 Å². The summed E-state index contributed by atoms with van der Waals surface area (Å²) in [5.41, 5.74) is 0.280. The van der Waals surface area contributed by atoms with Crippen LogP contribution in [0.1, 0.15) is 0 Å². The maximum atomic E-state index is 11.9. The molecule has 7 heteroatoms. The van der Waals surface area contributed by atoms with Crippen LogP contribution in [0, 0.1) is 0 Å². The van der Waals surface area contributed by atoms with Crippen LogP contribution >= 0.6 is 15.9 Å². The highest BCUT2D eigenvalue weighted by Gasteiger charge is 2.05. The molecule has 0 atom stereocenters. The Kier molecular flexibility index (Phi) is 3.61. The van der Waals surface area contributed by atoms with Crippen LogP contribution in [-0.4, -0.2) is 21.9 Å². The zero-order valence-corrected chi connectivity index (χ0v) is 11.4. The average Bonchev–Trinajstić information content (AvgIpc) is 2.36. The molecule has 0 aromatic carbocycles. The number of aryl methyl sites for hydroxylation is 1. The maximum Gasteiger partial charge on any atom is 0.274 e. The predicted molar refractivity (Wildman–Crippen MR) is 71.2 cm³/mol. The van der Waals surface area contributed by atoms with Gasteiger partial charge in [-0.1, -0.05) is 0 Å². The van der Waals surface area contributed by atoms with E-state index in [2.05, 4.69) is 31.4 Å². The van der Waals surface area contributed by atoms with Crippen LogP contribution in [0.3, 0.4) is 0 Å². The van der Waals surface area contributed by atoms with Crippen molar-refractivity contribution in [1.82, 2.24) is 14.8 Å². The van der Waals surface area contributed by atoms with Gasteiger partial charge in [0.25, 0.3) is 5.56 Å². The standard InChI is InChI=1S/C11H11BrN4O2/c1-16-6-7(12)5-8(11(16)17)13-9-3-4-10(18-2)15-14-9/h3-6H,1-2H3,(H,13,14). The van der Waals surface area contributed by atoms with E-state index in [1.807, 2.05) is 0 Å². The van der Waals surface area contributed by atoms with Crippen LogP contribution in [0.4, 0.5) is 11.5 Å². The predicted octanol–water partition coefficient (Wildman–Crippen LogP) is 1.69. The third-order valence-corrected chi connectivity index (χ3v) is 2.70. The van der Waals surface area contributed by atoms with Crippen molar-refractivity contribution < 1.29 is 4.74 Å². The van der Waals surface area contributed by atoms with E-state index in [0.29, 0.717) is 17.4 Å². The van der Waals surface area contributed by atoms with E-state index in [-0.39, 0.29) is 5.56 Å². The first-order valence-corrected chi connectivity index (χ1v) is 5.90. The summed E-state index contributed by atoms with van der Waals surface area (Å²) < 4.78 is 7.18. The van der Waals surface area contributed by atoms with Gasteiger partial charge in [-0.3, -0.25) is 4.79 Å². The molecule has 0 aliphatic rings.